The number of fused-ring (bicyclic) bond motifs is 3. The minimum atomic E-state index is -1.23. The van der Waals surface area contributed by atoms with E-state index in [9.17, 15) is 24.0 Å². The number of carbonyl (C=O) groups is 5. The van der Waals surface area contributed by atoms with Crippen LogP contribution in [0.5, 0.6) is 5.75 Å². The van der Waals surface area contributed by atoms with Crippen LogP contribution in [0.3, 0.4) is 0 Å². The number of primary amides is 1. The molecule has 0 radical (unpaired) electrons. The molecule has 5 heterocycles. The normalized spacial score (nSPS) is 25.6. The van der Waals surface area contributed by atoms with Gasteiger partial charge in [-0.3, -0.25) is 38.7 Å². The van der Waals surface area contributed by atoms with Gasteiger partial charge in [0.25, 0.3) is 23.6 Å². The van der Waals surface area contributed by atoms with Gasteiger partial charge in [-0.25, -0.2) is 4.39 Å². The molecule has 1 saturated carbocycles. The van der Waals surface area contributed by atoms with Crippen molar-refractivity contribution >= 4 is 47.0 Å². The summed E-state index contributed by atoms with van der Waals surface area (Å²) in [5, 5.41) is 17.5. The molecule has 8 rings (SSSR count). The van der Waals surface area contributed by atoms with Crippen molar-refractivity contribution in [2.75, 3.05) is 18.0 Å². The summed E-state index contributed by atoms with van der Waals surface area (Å²) in [6.45, 7) is 1.63. The van der Waals surface area contributed by atoms with Crippen molar-refractivity contribution in [2.45, 2.75) is 88.2 Å². The van der Waals surface area contributed by atoms with Gasteiger partial charge in [-0.05, 0) is 86.9 Å². The monoisotopic (exact) mass is 754 g/mol. The number of likely N-dealkylation sites (tertiary alicyclic amines) is 1. The lowest BCUT2D eigenvalue weighted by Crippen LogP contribution is -2.59. The van der Waals surface area contributed by atoms with Crippen LogP contribution in [0.4, 0.5) is 10.2 Å². The van der Waals surface area contributed by atoms with E-state index < -0.39 is 41.5 Å². The fourth-order valence-corrected chi connectivity index (χ4v) is 8.93. The van der Waals surface area contributed by atoms with Crippen LogP contribution in [0.1, 0.15) is 93.7 Å². The molecule has 278 valence electrons. The number of imide groups is 2. The van der Waals surface area contributed by atoms with Gasteiger partial charge < -0.3 is 15.4 Å². The number of nitrogens with two attached hydrogens (primary N) is 1. The first kappa shape index (κ1) is 35.6. The molecule has 1 aliphatic carbocycles. The molecule has 4 fully saturated rings. The van der Waals surface area contributed by atoms with Crippen LogP contribution in [0.2, 0.25) is 5.02 Å². The Bertz CT molecular complexity index is 2110. The summed E-state index contributed by atoms with van der Waals surface area (Å²) in [6.07, 6.45) is 3.56. The molecule has 5 amide bonds. The molecule has 3 saturated heterocycles. The Kier molecular flexibility index (Phi) is 9.27. The molecule has 2 N–H and O–H groups in total. The predicted molar refractivity (Wildman–Crippen MR) is 190 cm³/mol. The minimum absolute atomic E-state index is 0.0324. The Labute approximate surface area is 314 Å². The second-order valence-corrected chi connectivity index (χ2v) is 14.9. The number of aromatic nitrogens is 2. The number of hydrogen-bond acceptors (Lipinski definition) is 11. The Morgan fingerprint density at radius 1 is 0.907 bits per heavy atom. The molecular formula is C38H36ClFN8O6. The molecule has 14 nitrogen and oxygen atoms in total. The number of nitrogens with zero attached hydrogens (tertiary/aromatic N) is 7. The van der Waals surface area contributed by atoms with E-state index in [4.69, 9.17) is 27.3 Å². The van der Waals surface area contributed by atoms with E-state index in [1.54, 1.807) is 36.4 Å². The second-order valence-electron chi connectivity index (χ2n) is 14.5. The molecule has 2 aromatic carbocycles. The molecule has 1 aromatic heterocycles. The van der Waals surface area contributed by atoms with E-state index in [-0.39, 0.29) is 58.8 Å². The lowest BCUT2D eigenvalue weighted by molar-refractivity contribution is -0.155. The SMILES string of the molecule is N#Cc1ccc(OC2CCC(N3C(=O)CC[C@@H](N4C(=O)c5cc(CN6[C@@H]7CC[C@@H]6CN(c6ccc(C(N)=O)nn6)C7)cc(F)c5C4=O)C3=O)CC2)cc1Cl. The number of halogens is 2. The molecule has 4 aliphatic heterocycles. The van der Waals surface area contributed by atoms with Gasteiger partial charge in [0.15, 0.2) is 11.5 Å². The van der Waals surface area contributed by atoms with Crippen molar-refractivity contribution < 1.29 is 33.1 Å². The average Bonchev–Trinajstić information content (AvgIpc) is 3.53. The molecule has 5 aliphatic rings. The number of anilines is 1. The molecule has 0 unspecified atom stereocenters. The minimum Gasteiger partial charge on any atom is -0.490 e. The smallest absolute Gasteiger partial charge is 0.269 e. The zero-order chi connectivity index (χ0) is 37.8. The van der Waals surface area contributed by atoms with Gasteiger partial charge >= 0.3 is 0 Å². The van der Waals surface area contributed by atoms with Gasteiger partial charge in [0, 0.05) is 50.2 Å². The number of ether oxygens (including phenoxy) is 1. The van der Waals surface area contributed by atoms with Gasteiger partial charge in [-0.15, -0.1) is 10.2 Å². The molecule has 3 atom stereocenters. The van der Waals surface area contributed by atoms with Crippen LogP contribution in [-0.2, 0) is 16.1 Å². The van der Waals surface area contributed by atoms with Gasteiger partial charge in [-0.2, -0.15) is 5.26 Å². The maximum Gasteiger partial charge on any atom is 0.269 e. The van der Waals surface area contributed by atoms with Crippen LogP contribution in [0.25, 0.3) is 0 Å². The maximum atomic E-state index is 15.8. The van der Waals surface area contributed by atoms with E-state index >= 15 is 4.39 Å². The topological polar surface area (TPSA) is 183 Å². The summed E-state index contributed by atoms with van der Waals surface area (Å²) in [7, 11) is 0. The Hall–Kier alpha value is -5.46. The predicted octanol–water partition coefficient (Wildman–Crippen LogP) is 3.60. The highest BCUT2D eigenvalue weighted by atomic mass is 35.5. The van der Waals surface area contributed by atoms with Crippen molar-refractivity contribution in [3.05, 3.63) is 81.3 Å². The highest BCUT2D eigenvalue weighted by Gasteiger charge is 2.50. The largest absolute Gasteiger partial charge is 0.490 e. The lowest BCUT2D eigenvalue weighted by atomic mass is 9.89. The van der Waals surface area contributed by atoms with Crippen LogP contribution < -0.4 is 15.4 Å². The number of piperazine rings is 1. The quantitative estimate of drug-likeness (QED) is 0.332. The van der Waals surface area contributed by atoms with Crippen LogP contribution >= 0.6 is 11.6 Å². The Balaban J connectivity index is 0.928. The number of piperidine rings is 1. The second kappa shape index (κ2) is 14.1. The first-order valence-electron chi connectivity index (χ1n) is 18.1. The standard InChI is InChI=1S/C38H36ClFN8O6/c39-28-15-26(6-1-21(28)16-41)54-25-7-4-22(5-8-25)47-33(49)12-10-31(37(47)52)48-36(51)27-13-20(14-29(40)34(27)38(48)53)17-46-23-2-3-24(46)19-45(18-23)32-11-9-30(35(42)50)43-44-32/h1,6,9,11,13-15,22-25,31H,2-5,7-8,10,12,17-19H2,(H2,42,50)/t22?,23-,24-,25?,31-/m1/s1. The third-order valence-corrected chi connectivity index (χ3v) is 11.7. The Morgan fingerprint density at radius 3 is 2.28 bits per heavy atom. The number of rotatable bonds is 8. The zero-order valence-corrected chi connectivity index (χ0v) is 29.9. The summed E-state index contributed by atoms with van der Waals surface area (Å²) in [4.78, 5) is 72.5. The van der Waals surface area contributed by atoms with Crippen LogP contribution in [0.15, 0.2) is 42.5 Å². The van der Waals surface area contributed by atoms with Crippen molar-refractivity contribution in [3.8, 4) is 11.8 Å². The highest BCUT2D eigenvalue weighted by Crippen LogP contribution is 2.37. The number of benzene rings is 2. The van der Waals surface area contributed by atoms with E-state index in [1.165, 1.54) is 11.0 Å². The number of carbonyl (C=O) groups excluding carboxylic acids is 5. The molecular weight excluding hydrogens is 719 g/mol. The molecule has 54 heavy (non-hydrogen) atoms. The summed E-state index contributed by atoms with van der Waals surface area (Å²) >= 11 is 6.15. The van der Waals surface area contributed by atoms with Crippen molar-refractivity contribution in [1.29, 1.82) is 5.26 Å². The summed E-state index contributed by atoms with van der Waals surface area (Å²) in [5.41, 5.74) is 5.83. The van der Waals surface area contributed by atoms with E-state index in [2.05, 4.69) is 20.0 Å². The molecule has 0 spiro atoms. The highest BCUT2D eigenvalue weighted by molar-refractivity contribution is 6.31. The van der Waals surface area contributed by atoms with Gasteiger partial charge in [0.2, 0.25) is 5.91 Å². The van der Waals surface area contributed by atoms with Crippen LogP contribution in [0, 0.1) is 17.1 Å². The molecule has 16 heteroatoms. The number of nitriles is 1. The third kappa shape index (κ3) is 6.32. The lowest BCUT2D eigenvalue weighted by Gasteiger charge is -2.41. The number of amides is 5. The zero-order valence-electron chi connectivity index (χ0n) is 29.1. The Morgan fingerprint density at radius 2 is 1.63 bits per heavy atom. The average molecular weight is 755 g/mol. The fraction of sp³-hybridized carbons (Fsp3) is 0.421. The molecule has 2 bridgehead atoms. The van der Waals surface area contributed by atoms with Gasteiger partial charge in [-0.1, -0.05) is 11.6 Å². The first-order valence-corrected chi connectivity index (χ1v) is 18.4. The number of hydrogen-bond donors (Lipinski definition) is 1. The maximum absolute atomic E-state index is 15.8. The summed E-state index contributed by atoms with van der Waals surface area (Å²) < 4.78 is 21.8. The van der Waals surface area contributed by atoms with Crippen molar-refractivity contribution in [3.63, 3.8) is 0 Å². The third-order valence-electron chi connectivity index (χ3n) is 11.4. The van der Waals surface area contributed by atoms with Gasteiger partial charge in [0.1, 0.15) is 23.7 Å². The summed E-state index contributed by atoms with van der Waals surface area (Å²) in [6, 6.07) is 11.5. The van der Waals surface area contributed by atoms with Gasteiger partial charge in [0.05, 0.1) is 27.8 Å². The van der Waals surface area contributed by atoms with Crippen LogP contribution in [-0.4, -0.2) is 97.8 Å². The van der Waals surface area contributed by atoms with E-state index in [0.717, 1.165) is 17.7 Å². The van der Waals surface area contributed by atoms with Crippen molar-refractivity contribution in [2.24, 2.45) is 5.73 Å². The summed E-state index contributed by atoms with van der Waals surface area (Å²) in [5.74, 6) is -2.94. The van der Waals surface area contributed by atoms with Crippen molar-refractivity contribution in [1.82, 2.24) is 24.9 Å². The fourth-order valence-electron chi connectivity index (χ4n) is 8.72. The molecule has 3 aromatic rings. The van der Waals surface area contributed by atoms with E-state index in [1.807, 2.05) is 6.07 Å². The van der Waals surface area contributed by atoms with E-state index in [0.29, 0.717) is 68.0 Å². The first-order chi connectivity index (χ1) is 26.0.